The highest BCUT2D eigenvalue weighted by Crippen LogP contribution is 2.31. The third-order valence-electron chi connectivity index (χ3n) is 6.60. The van der Waals surface area contributed by atoms with E-state index in [2.05, 4.69) is 5.32 Å². The Bertz CT molecular complexity index is 1350. The number of rotatable bonds is 13. The summed E-state index contributed by atoms with van der Waals surface area (Å²) in [5.74, 6) is -0.760. The summed E-state index contributed by atoms with van der Waals surface area (Å²) in [4.78, 5) is 28.4. The lowest BCUT2D eigenvalue weighted by Gasteiger charge is -2.32. The largest absolute Gasteiger partial charge is 0.354 e. The molecular formula is C30H36ClN3O4S. The minimum Gasteiger partial charge on any atom is -0.354 e. The molecule has 0 spiro atoms. The molecule has 2 amide bonds. The maximum absolute atomic E-state index is 13.9. The van der Waals surface area contributed by atoms with E-state index in [1.165, 1.54) is 17.0 Å². The van der Waals surface area contributed by atoms with Gasteiger partial charge >= 0.3 is 0 Å². The van der Waals surface area contributed by atoms with E-state index in [4.69, 9.17) is 11.6 Å². The zero-order chi connectivity index (χ0) is 28.4. The number of halogens is 1. The minimum atomic E-state index is -4.13. The van der Waals surface area contributed by atoms with Crippen LogP contribution in [-0.2, 0) is 26.0 Å². The molecule has 0 aliphatic rings. The molecule has 9 heteroatoms. The number of hydrogen-bond acceptors (Lipinski definition) is 4. The molecule has 1 atom stereocenters. The lowest BCUT2D eigenvalue weighted by Crippen LogP contribution is -2.52. The van der Waals surface area contributed by atoms with E-state index in [-0.39, 0.29) is 17.3 Å². The number of carbonyl (C=O) groups excluding carboxylic acids is 2. The summed E-state index contributed by atoms with van der Waals surface area (Å²) in [7, 11) is -4.13. The van der Waals surface area contributed by atoms with E-state index in [1.54, 1.807) is 50.2 Å². The van der Waals surface area contributed by atoms with Crippen molar-refractivity contribution >= 4 is 39.1 Å². The van der Waals surface area contributed by atoms with Gasteiger partial charge in [0.25, 0.3) is 10.0 Å². The maximum atomic E-state index is 13.9. The Morgan fingerprint density at radius 1 is 0.949 bits per heavy atom. The van der Waals surface area contributed by atoms with Gasteiger partial charge in [-0.2, -0.15) is 0 Å². The van der Waals surface area contributed by atoms with Gasteiger partial charge in [-0.05, 0) is 62.1 Å². The second kappa shape index (κ2) is 14.1. The summed E-state index contributed by atoms with van der Waals surface area (Å²) >= 11 is 6.35. The molecule has 3 aromatic rings. The fourth-order valence-corrected chi connectivity index (χ4v) is 5.87. The van der Waals surface area contributed by atoms with Crippen LogP contribution < -0.4 is 9.62 Å². The van der Waals surface area contributed by atoms with Gasteiger partial charge in [-0.25, -0.2) is 8.42 Å². The van der Waals surface area contributed by atoms with E-state index < -0.39 is 28.5 Å². The number of anilines is 1. The molecule has 0 saturated carbocycles. The van der Waals surface area contributed by atoms with Crippen LogP contribution in [0.15, 0.2) is 83.8 Å². The van der Waals surface area contributed by atoms with Crippen molar-refractivity contribution in [1.29, 1.82) is 0 Å². The predicted molar refractivity (Wildman–Crippen MR) is 156 cm³/mol. The van der Waals surface area contributed by atoms with Crippen molar-refractivity contribution in [3.63, 3.8) is 0 Å². The van der Waals surface area contributed by atoms with Crippen molar-refractivity contribution < 1.29 is 18.0 Å². The standard InChI is InChI=1S/C30H36ClN3O4S/c1-4-5-20-32-30(36)24(3)33(21-19-25-13-8-6-9-14-25)29(35)22-34(28-18-12-17-27(31)23(28)2)39(37,38)26-15-10-7-11-16-26/h6-18,24H,4-5,19-22H2,1-3H3,(H,32,36). The summed E-state index contributed by atoms with van der Waals surface area (Å²) in [5, 5.41) is 3.28. The van der Waals surface area contributed by atoms with E-state index in [9.17, 15) is 18.0 Å². The van der Waals surface area contributed by atoms with E-state index in [0.717, 1.165) is 22.7 Å². The van der Waals surface area contributed by atoms with Crippen LogP contribution in [-0.4, -0.2) is 50.8 Å². The highest BCUT2D eigenvalue weighted by molar-refractivity contribution is 7.92. The van der Waals surface area contributed by atoms with Gasteiger partial charge in [-0.15, -0.1) is 0 Å². The Morgan fingerprint density at radius 2 is 1.59 bits per heavy atom. The molecular weight excluding hydrogens is 534 g/mol. The van der Waals surface area contributed by atoms with Crippen LogP contribution in [0.2, 0.25) is 5.02 Å². The van der Waals surface area contributed by atoms with Gasteiger partial charge < -0.3 is 10.2 Å². The van der Waals surface area contributed by atoms with Gasteiger partial charge in [-0.1, -0.05) is 79.5 Å². The molecule has 1 unspecified atom stereocenters. The lowest BCUT2D eigenvalue weighted by molar-refractivity contribution is -0.138. The topological polar surface area (TPSA) is 86.8 Å². The summed E-state index contributed by atoms with van der Waals surface area (Å²) in [6, 6.07) is 21.8. The number of hydrogen-bond donors (Lipinski definition) is 1. The van der Waals surface area contributed by atoms with Gasteiger partial charge in [0.05, 0.1) is 10.6 Å². The Hall–Kier alpha value is -3.36. The average Bonchev–Trinajstić information content (AvgIpc) is 2.94. The van der Waals surface area contributed by atoms with Crippen LogP contribution in [0.4, 0.5) is 5.69 Å². The van der Waals surface area contributed by atoms with Crippen molar-refractivity contribution in [3.05, 3.63) is 95.0 Å². The monoisotopic (exact) mass is 569 g/mol. The van der Waals surface area contributed by atoms with Crippen LogP contribution >= 0.6 is 11.6 Å². The third kappa shape index (κ3) is 7.83. The van der Waals surface area contributed by atoms with Crippen molar-refractivity contribution in [2.24, 2.45) is 0 Å². The number of carbonyl (C=O) groups is 2. The van der Waals surface area contributed by atoms with Crippen LogP contribution in [0, 0.1) is 6.92 Å². The van der Waals surface area contributed by atoms with Gasteiger partial charge in [0.15, 0.2) is 0 Å². The molecule has 208 valence electrons. The Morgan fingerprint density at radius 3 is 2.23 bits per heavy atom. The molecule has 0 radical (unpaired) electrons. The fourth-order valence-electron chi connectivity index (χ4n) is 4.21. The number of benzene rings is 3. The summed E-state index contributed by atoms with van der Waals surface area (Å²) in [5.41, 5.74) is 1.85. The molecule has 0 aliphatic heterocycles. The Labute approximate surface area is 236 Å². The normalized spacial score (nSPS) is 12.0. The number of nitrogens with zero attached hydrogens (tertiary/aromatic N) is 2. The third-order valence-corrected chi connectivity index (χ3v) is 8.78. The van der Waals surface area contributed by atoms with Crippen molar-refractivity contribution in [3.8, 4) is 0 Å². The molecule has 7 nitrogen and oxygen atoms in total. The molecule has 0 aromatic heterocycles. The number of sulfonamides is 1. The lowest BCUT2D eigenvalue weighted by atomic mass is 10.1. The highest BCUT2D eigenvalue weighted by Gasteiger charge is 2.33. The SMILES string of the molecule is CCCCNC(=O)C(C)N(CCc1ccccc1)C(=O)CN(c1cccc(Cl)c1C)S(=O)(=O)c1ccccc1. The first-order chi connectivity index (χ1) is 18.7. The zero-order valence-electron chi connectivity index (χ0n) is 22.6. The summed E-state index contributed by atoms with van der Waals surface area (Å²) in [6.45, 7) is 5.69. The van der Waals surface area contributed by atoms with Gasteiger partial charge in [-0.3, -0.25) is 13.9 Å². The smallest absolute Gasteiger partial charge is 0.264 e. The minimum absolute atomic E-state index is 0.0540. The molecule has 0 aliphatic carbocycles. The van der Waals surface area contributed by atoms with E-state index >= 15 is 0 Å². The number of nitrogens with one attached hydrogen (secondary N) is 1. The second-order valence-electron chi connectivity index (χ2n) is 9.35. The first kappa shape index (κ1) is 30.2. The van der Waals surface area contributed by atoms with Crippen LogP contribution in [0.25, 0.3) is 0 Å². The van der Waals surface area contributed by atoms with Crippen LogP contribution in [0.3, 0.4) is 0 Å². The Kier molecular flexibility index (Phi) is 10.9. The quantitative estimate of drug-likeness (QED) is 0.286. The van der Waals surface area contributed by atoms with Gasteiger partial charge in [0.2, 0.25) is 11.8 Å². The predicted octanol–water partition coefficient (Wildman–Crippen LogP) is 5.22. The average molecular weight is 570 g/mol. The molecule has 0 saturated heterocycles. The molecule has 1 N–H and O–H groups in total. The molecule has 3 rings (SSSR count). The van der Waals surface area contributed by atoms with E-state index in [0.29, 0.717) is 29.2 Å². The van der Waals surface area contributed by atoms with Crippen molar-refractivity contribution in [2.75, 3.05) is 23.9 Å². The highest BCUT2D eigenvalue weighted by atomic mass is 35.5. The number of unbranched alkanes of at least 4 members (excludes halogenated alkanes) is 1. The van der Waals surface area contributed by atoms with Crippen molar-refractivity contribution in [2.45, 2.75) is 51.0 Å². The Balaban J connectivity index is 1.97. The molecule has 3 aromatic carbocycles. The van der Waals surface area contributed by atoms with Crippen LogP contribution in [0.5, 0.6) is 0 Å². The van der Waals surface area contributed by atoms with Crippen LogP contribution in [0.1, 0.15) is 37.8 Å². The first-order valence-corrected chi connectivity index (χ1v) is 14.9. The molecule has 39 heavy (non-hydrogen) atoms. The maximum Gasteiger partial charge on any atom is 0.264 e. The molecule has 0 heterocycles. The number of amides is 2. The summed E-state index contributed by atoms with van der Waals surface area (Å²) < 4.78 is 28.8. The molecule has 0 bridgehead atoms. The first-order valence-electron chi connectivity index (χ1n) is 13.1. The van der Waals surface area contributed by atoms with Gasteiger partial charge in [0.1, 0.15) is 12.6 Å². The zero-order valence-corrected chi connectivity index (χ0v) is 24.2. The van der Waals surface area contributed by atoms with Gasteiger partial charge in [0, 0.05) is 18.1 Å². The second-order valence-corrected chi connectivity index (χ2v) is 11.6. The fraction of sp³-hybridized carbons (Fsp3) is 0.333. The van der Waals surface area contributed by atoms with E-state index in [1.807, 2.05) is 37.3 Å². The molecule has 0 fully saturated rings. The summed E-state index contributed by atoms with van der Waals surface area (Å²) in [6.07, 6.45) is 2.27. The van der Waals surface area contributed by atoms with Crippen molar-refractivity contribution in [1.82, 2.24) is 10.2 Å².